The van der Waals surface area contributed by atoms with Crippen molar-refractivity contribution in [3.63, 3.8) is 0 Å². The Kier molecular flexibility index (Phi) is 15.1. The van der Waals surface area contributed by atoms with Crippen molar-refractivity contribution in [1.82, 2.24) is 0 Å². The lowest BCUT2D eigenvalue weighted by Gasteiger charge is -2.25. The lowest BCUT2D eigenvalue weighted by molar-refractivity contribution is -0.133. The van der Waals surface area contributed by atoms with Crippen LogP contribution in [0.5, 0.6) is 0 Å². The summed E-state index contributed by atoms with van der Waals surface area (Å²) in [5.74, 6) is -0.113. The molecule has 4 heteroatoms. The van der Waals surface area contributed by atoms with E-state index in [2.05, 4.69) is 43.3 Å². The third-order valence-electron chi connectivity index (χ3n) is 7.66. The Balaban J connectivity index is 1.43. The summed E-state index contributed by atoms with van der Waals surface area (Å²) in [5.41, 5.74) is 0. The van der Waals surface area contributed by atoms with Crippen LogP contribution in [0.2, 0.25) is 0 Å². The number of carbonyl (C=O) groups excluding carboxylic acids is 1. The van der Waals surface area contributed by atoms with Gasteiger partial charge in [-0.05, 0) is 55.7 Å². The number of hydrogen-bond acceptors (Lipinski definition) is 3. The van der Waals surface area contributed by atoms with E-state index in [0.29, 0.717) is 6.42 Å². The summed E-state index contributed by atoms with van der Waals surface area (Å²) < 4.78 is 6.58. The Morgan fingerprint density at radius 3 is 1.40 bits per heavy atom. The largest absolute Gasteiger partial charge is 0.393 e. The summed E-state index contributed by atoms with van der Waals surface area (Å²) in [4.78, 5) is 13.3. The van der Waals surface area contributed by atoms with Gasteiger partial charge in [0.25, 0.3) is 7.49 Å². The van der Waals surface area contributed by atoms with Gasteiger partial charge < -0.3 is 5.11 Å². The summed E-state index contributed by atoms with van der Waals surface area (Å²) in [7, 11) is -2.57. The number of hydrogen-bond donors (Lipinski definition) is 1. The molecule has 0 aliphatic heterocycles. The number of rotatable bonds is 20. The molecule has 3 aromatic rings. The molecule has 0 saturated carbocycles. The average Bonchev–Trinajstić information content (AvgIpc) is 3.00. The van der Waals surface area contributed by atoms with Crippen LogP contribution in [0.4, 0.5) is 0 Å². The van der Waals surface area contributed by atoms with Crippen LogP contribution in [0.1, 0.15) is 103 Å². The van der Waals surface area contributed by atoms with E-state index in [0.717, 1.165) is 60.9 Å². The van der Waals surface area contributed by atoms with Gasteiger partial charge in [-0.2, -0.15) is 0 Å². The van der Waals surface area contributed by atoms with Crippen LogP contribution in [0.25, 0.3) is 0 Å². The molecule has 0 aromatic heterocycles. The van der Waals surface area contributed by atoms with Crippen LogP contribution in [0, 0.1) is 0 Å². The van der Waals surface area contributed by atoms with Crippen LogP contribution in [0.3, 0.4) is 0 Å². The van der Waals surface area contributed by atoms with Gasteiger partial charge in [-0.3, -0.25) is 4.52 Å². The van der Waals surface area contributed by atoms with Crippen molar-refractivity contribution in [2.75, 3.05) is 0 Å². The predicted molar refractivity (Wildman–Crippen MR) is 172 cm³/mol. The molecule has 0 spiro atoms. The third-order valence-corrected chi connectivity index (χ3v) is 11.2. The number of unbranched alkanes of at least 4 members (excludes halogenated alkanes) is 10. The normalized spacial score (nSPS) is 12.2. The second-order valence-electron chi connectivity index (χ2n) is 10.9. The molecule has 0 heterocycles. The second kappa shape index (κ2) is 18.8. The van der Waals surface area contributed by atoms with Gasteiger partial charge in [-0.25, -0.2) is 4.79 Å². The van der Waals surface area contributed by atoms with E-state index in [1.54, 1.807) is 0 Å². The second-order valence-corrected chi connectivity index (χ2v) is 13.9. The Labute approximate surface area is 243 Å². The molecule has 3 rings (SSSR count). The van der Waals surface area contributed by atoms with E-state index in [1.807, 2.05) is 54.6 Å². The van der Waals surface area contributed by atoms with E-state index in [9.17, 15) is 9.90 Å². The highest BCUT2D eigenvalue weighted by Crippen LogP contribution is 2.56. The van der Waals surface area contributed by atoms with E-state index in [-0.39, 0.29) is 12.1 Å². The molecule has 0 fully saturated rings. The van der Waals surface area contributed by atoms with Gasteiger partial charge in [0.1, 0.15) is 15.9 Å². The number of benzene rings is 3. The molecule has 3 nitrogen and oxygen atoms in total. The Hall–Kier alpha value is -2.48. The van der Waals surface area contributed by atoms with Crippen LogP contribution in [-0.4, -0.2) is 17.2 Å². The van der Waals surface area contributed by atoms with Crippen molar-refractivity contribution in [3.8, 4) is 0 Å². The fourth-order valence-corrected chi connectivity index (χ4v) is 8.76. The fraction of sp³-hybridized carbons (Fsp3) is 0.472. The molecule has 1 N–H and O–H groups in total. The molecular weight excluding hydrogens is 511 g/mol. The van der Waals surface area contributed by atoms with Crippen LogP contribution in [0.15, 0.2) is 91.0 Å². The first-order valence-corrected chi connectivity index (χ1v) is 17.3. The van der Waals surface area contributed by atoms with Crippen LogP contribution >= 0.6 is 7.49 Å². The van der Waals surface area contributed by atoms with Gasteiger partial charge in [0.15, 0.2) is 0 Å². The summed E-state index contributed by atoms with van der Waals surface area (Å²) in [5, 5.41) is 13.3. The first-order chi connectivity index (χ1) is 19.7. The van der Waals surface area contributed by atoms with Crippen molar-refractivity contribution in [2.45, 2.75) is 109 Å². The third kappa shape index (κ3) is 10.5. The highest BCUT2D eigenvalue weighted by molar-refractivity contribution is 7.92. The van der Waals surface area contributed by atoms with Gasteiger partial charge in [0.05, 0.1) is 12.5 Å². The molecule has 0 amide bonds. The molecule has 216 valence electrons. The number of aliphatic hydroxyl groups excluding tert-OH is 1. The maximum Gasteiger partial charge on any atom is 0.351 e. The maximum absolute atomic E-state index is 13.3. The minimum absolute atomic E-state index is 0.108. The predicted octanol–water partition coefficient (Wildman–Crippen LogP) is 8.67. The van der Waals surface area contributed by atoms with Crippen molar-refractivity contribution < 1.29 is 14.4 Å². The summed E-state index contributed by atoms with van der Waals surface area (Å²) in [6, 6.07) is 30.8. The van der Waals surface area contributed by atoms with Crippen LogP contribution in [-0.2, 0) is 9.32 Å². The lowest BCUT2D eigenvalue weighted by Crippen LogP contribution is -2.34. The summed E-state index contributed by atoms with van der Waals surface area (Å²) >= 11 is 0. The van der Waals surface area contributed by atoms with E-state index in [4.69, 9.17) is 4.52 Å². The van der Waals surface area contributed by atoms with Gasteiger partial charge in [-0.1, -0.05) is 132 Å². The van der Waals surface area contributed by atoms with E-state index < -0.39 is 7.49 Å². The Bertz CT molecular complexity index is 959. The Morgan fingerprint density at radius 2 is 0.975 bits per heavy atom. The minimum atomic E-state index is -2.57. The number of aliphatic hydroxyl groups is 1. The monoisotopic (exact) mass is 561 g/mol. The van der Waals surface area contributed by atoms with Gasteiger partial charge in [-0.15, -0.1) is 0 Å². The molecule has 0 bridgehead atoms. The summed E-state index contributed by atoms with van der Waals surface area (Å²) in [6.45, 7) is 2.22. The quantitative estimate of drug-likeness (QED) is 0.111. The topological polar surface area (TPSA) is 46.5 Å². The molecule has 0 radical (unpaired) electrons. The van der Waals surface area contributed by atoms with Crippen molar-refractivity contribution in [2.24, 2.45) is 0 Å². The molecule has 1 unspecified atom stereocenters. The highest BCUT2D eigenvalue weighted by atomic mass is 31.2. The number of carbonyl (C=O) groups is 1. The first-order valence-electron chi connectivity index (χ1n) is 15.6. The fourth-order valence-electron chi connectivity index (χ4n) is 5.38. The molecular formula is C36H50O3P+. The lowest BCUT2D eigenvalue weighted by atomic mass is 10.0. The SMILES string of the molecule is CCCCCCC(O)CCCCCCCCCCC(=O)O[P+](c1ccccc1)(c1ccccc1)c1ccccc1. The smallest absolute Gasteiger partial charge is 0.351 e. The van der Waals surface area contributed by atoms with E-state index >= 15 is 0 Å². The van der Waals surface area contributed by atoms with Crippen molar-refractivity contribution in [1.29, 1.82) is 0 Å². The summed E-state index contributed by atoms with van der Waals surface area (Å²) in [6.07, 6.45) is 16.3. The zero-order chi connectivity index (χ0) is 28.3. The zero-order valence-electron chi connectivity index (χ0n) is 24.6. The minimum Gasteiger partial charge on any atom is -0.393 e. The zero-order valence-corrected chi connectivity index (χ0v) is 25.4. The standard InChI is InChI=1S/C36H50O3P/c1-2-3-4-14-23-32(37)24-15-9-7-5-6-8-10-22-31-36(38)39-40(33-25-16-11-17-26-33,34-27-18-12-19-28-34)35-29-20-13-21-30-35/h11-13,16-21,25-30,32,37H,2-10,14-15,22-24,31H2,1H3/q+1. The maximum atomic E-state index is 13.3. The molecule has 40 heavy (non-hydrogen) atoms. The van der Waals surface area contributed by atoms with Gasteiger partial charge in [0, 0.05) is 0 Å². The van der Waals surface area contributed by atoms with Crippen molar-refractivity contribution >= 4 is 29.4 Å². The molecule has 3 aromatic carbocycles. The van der Waals surface area contributed by atoms with Crippen LogP contribution < -0.4 is 15.9 Å². The Morgan fingerprint density at radius 1 is 0.600 bits per heavy atom. The molecule has 1 atom stereocenters. The molecule has 0 aliphatic carbocycles. The molecule has 0 aliphatic rings. The van der Waals surface area contributed by atoms with Crippen molar-refractivity contribution in [3.05, 3.63) is 91.0 Å². The first kappa shape index (κ1) is 32.0. The van der Waals surface area contributed by atoms with Gasteiger partial charge in [0.2, 0.25) is 0 Å². The molecule has 0 saturated heterocycles. The highest BCUT2D eigenvalue weighted by Gasteiger charge is 2.50. The average molecular weight is 562 g/mol. The van der Waals surface area contributed by atoms with E-state index in [1.165, 1.54) is 44.9 Å². The van der Waals surface area contributed by atoms with Gasteiger partial charge >= 0.3 is 5.97 Å².